The van der Waals surface area contributed by atoms with Crippen molar-refractivity contribution in [2.24, 2.45) is 0 Å². The van der Waals surface area contributed by atoms with Gasteiger partial charge in [0.25, 0.3) is 5.91 Å². The van der Waals surface area contributed by atoms with Crippen LogP contribution in [0.15, 0.2) is 60.9 Å². The van der Waals surface area contributed by atoms with Crippen LogP contribution in [0.2, 0.25) is 5.02 Å². The number of halogens is 1. The first-order valence-electron chi connectivity index (χ1n) is 8.35. The smallest absolute Gasteiger partial charge is 0.254 e. The van der Waals surface area contributed by atoms with E-state index in [1.165, 1.54) is 5.56 Å². The second-order valence-corrected chi connectivity index (χ2v) is 6.34. The molecular formula is C20H20ClN3O2. The average Bonchev–Trinajstić information content (AvgIpc) is 3.11. The number of ether oxygens (including phenoxy) is 1. The van der Waals surface area contributed by atoms with Gasteiger partial charge in [0.05, 0.1) is 24.8 Å². The quantitative estimate of drug-likeness (QED) is 0.646. The molecule has 1 amide bonds. The molecule has 0 fully saturated rings. The fourth-order valence-corrected chi connectivity index (χ4v) is 2.63. The van der Waals surface area contributed by atoms with Crippen molar-refractivity contribution in [2.75, 3.05) is 13.2 Å². The Morgan fingerprint density at radius 1 is 1.19 bits per heavy atom. The molecule has 0 aliphatic carbocycles. The minimum absolute atomic E-state index is 0.178. The summed E-state index contributed by atoms with van der Waals surface area (Å²) in [5.74, 6) is 0.611. The topological polar surface area (TPSA) is 56.1 Å². The van der Waals surface area contributed by atoms with Crippen LogP contribution < -0.4 is 10.1 Å². The molecule has 0 aliphatic rings. The van der Waals surface area contributed by atoms with Gasteiger partial charge in [-0.25, -0.2) is 0 Å². The zero-order valence-electron chi connectivity index (χ0n) is 14.5. The Kier molecular flexibility index (Phi) is 5.92. The van der Waals surface area contributed by atoms with Crippen molar-refractivity contribution in [2.45, 2.75) is 13.5 Å². The molecule has 0 saturated heterocycles. The molecule has 0 radical (unpaired) electrons. The van der Waals surface area contributed by atoms with Crippen molar-refractivity contribution in [1.29, 1.82) is 0 Å². The van der Waals surface area contributed by atoms with E-state index in [2.05, 4.69) is 10.4 Å². The Balaban J connectivity index is 1.47. The van der Waals surface area contributed by atoms with Crippen LogP contribution in [0, 0.1) is 6.92 Å². The third kappa shape index (κ3) is 4.86. The number of nitrogens with one attached hydrogen (secondary N) is 1. The molecule has 6 heteroatoms. The van der Waals surface area contributed by atoms with Crippen LogP contribution in [0.5, 0.6) is 5.75 Å². The van der Waals surface area contributed by atoms with E-state index in [-0.39, 0.29) is 5.91 Å². The monoisotopic (exact) mass is 369 g/mol. The molecule has 0 atom stereocenters. The van der Waals surface area contributed by atoms with E-state index in [1.54, 1.807) is 17.1 Å². The molecule has 0 aliphatic heterocycles. The summed E-state index contributed by atoms with van der Waals surface area (Å²) in [6, 6.07) is 15.4. The molecule has 1 aromatic heterocycles. The first-order chi connectivity index (χ1) is 12.6. The summed E-state index contributed by atoms with van der Waals surface area (Å²) >= 11 is 6.15. The van der Waals surface area contributed by atoms with Gasteiger partial charge in [-0.1, -0.05) is 47.5 Å². The van der Waals surface area contributed by atoms with E-state index < -0.39 is 0 Å². The van der Waals surface area contributed by atoms with E-state index in [1.807, 2.05) is 55.5 Å². The van der Waals surface area contributed by atoms with E-state index in [9.17, 15) is 4.79 Å². The van der Waals surface area contributed by atoms with E-state index in [0.29, 0.717) is 30.3 Å². The maximum absolute atomic E-state index is 12.2. The molecule has 3 rings (SSSR count). The Morgan fingerprint density at radius 2 is 1.96 bits per heavy atom. The first-order valence-corrected chi connectivity index (χ1v) is 8.73. The van der Waals surface area contributed by atoms with Crippen molar-refractivity contribution in [3.63, 3.8) is 0 Å². The number of carbonyl (C=O) groups excluding carboxylic acids is 1. The number of benzene rings is 2. The van der Waals surface area contributed by atoms with E-state index in [4.69, 9.17) is 16.3 Å². The van der Waals surface area contributed by atoms with Gasteiger partial charge in [-0.05, 0) is 30.7 Å². The zero-order chi connectivity index (χ0) is 18.4. The van der Waals surface area contributed by atoms with Crippen LogP contribution >= 0.6 is 11.6 Å². The van der Waals surface area contributed by atoms with Crippen molar-refractivity contribution in [3.05, 3.63) is 82.6 Å². The summed E-state index contributed by atoms with van der Waals surface area (Å²) in [7, 11) is 0. The number of carbonyl (C=O) groups is 1. The molecule has 2 aromatic carbocycles. The summed E-state index contributed by atoms with van der Waals surface area (Å²) in [6.07, 6.45) is 3.26. The summed E-state index contributed by atoms with van der Waals surface area (Å²) in [6.45, 7) is 3.37. The van der Waals surface area contributed by atoms with Gasteiger partial charge in [0, 0.05) is 11.2 Å². The minimum Gasteiger partial charge on any atom is -0.492 e. The maximum atomic E-state index is 12.2. The lowest BCUT2D eigenvalue weighted by molar-refractivity contribution is 0.0947. The highest BCUT2D eigenvalue weighted by atomic mass is 35.5. The number of nitrogens with zero attached hydrogens (tertiary/aromatic N) is 2. The minimum atomic E-state index is -0.178. The molecule has 3 aromatic rings. The highest BCUT2D eigenvalue weighted by Gasteiger charge is 2.09. The van der Waals surface area contributed by atoms with Gasteiger partial charge in [0.15, 0.2) is 0 Å². The molecule has 5 nitrogen and oxygen atoms in total. The van der Waals surface area contributed by atoms with Gasteiger partial charge in [0.1, 0.15) is 12.4 Å². The lowest BCUT2D eigenvalue weighted by Crippen LogP contribution is -2.27. The number of hydrogen-bond acceptors (Lipinski definition) is 3. The number of amides is 1. The molecule has 0 saturated carbocycles. The number of aryl methyl sites for hydroxylation is 1. The fraction of sp³-hybridized carbons (Fsp3) is 0.200. The van der Waals surface area contributed by atoms with Gasteiger partial charge < -0.3 is 10.1 Å². The number of hydrogen-bond donors (Lipinski definition) is 1. The first kappa shape index (κ1) is 18.0. The van der Waals surface area contributed by atoms with Crippen molar-refractivity contribution in [1.82, 2.24) is 15.1 Å². The summed E-state index contributed by atoms with van der Waals surface area (Å²) in [5.41, 5.74) is 2.64. The molecule has 0 spiro atoms. The Hall–Kier alpha value is -2.79. The van der Waals surface area contributed by atoms with Crippen LogP contribution in [0.1, 0.15) is 21.5 Å². The highest BCUT2D eigenvalue weighted by molar-refractivity contribution is 6.31. The Bertz CT molecular complexity index is 875. The zero-order valence-corrected chi connectivity index (χ0v) is 15.2. The van der Waals surface area contributed by atoms with Gasteiger partial charge in [-0.3, -0.25) is 9.48 Å². The van der Waals surface area contributed by atoms with Crippen LogP contribution in [0.4, 0.5) is 0 Å². The molecule has 0 bridgehead atoms. The predicted octanol–water partition coefficient (Wildman–Crippen LogP) is 3.70. The van der Waals surface area contributed by atoms with Gasteiger partial charge >= 0.3 is 0 Å². The van der Waals surface area contributed by atoms with Crippen molar-refractivity contribution in [3.8, 4) is 5.75 Å². The SMILES string of the molecule is Cc1ccc(OCCNC(=O)c2cnn(Cc3ccccc3Cl)c2)cc1. The Morgan fingerprint density at radius 3 is 2.73 bits per heavy atom. The van der Waals surface area contributed by atoms with Crippen molar-refractivity contribution >= 4 is 17.5 Å². The molecule has 1 heterocycles. The van der Waals surface area contributed by atoms with Gasteiger partial charge in [-0.2, -0.15) is 5.10 Å². The highest BCUT2D eigenvalue weighted by Crippen LogP contribution is 2.16. The lowest BCUT2D eigenvalue weighted by atomic mass is 10.2. The van der Waals surface area contributed by atoms with Crippen LogP contribution in [-0.4, -0.2) is 28.8 Å². The normalized spacial score (nSPS) is 10.5. The van der Waals surface area contributed by atoms with Crippen molar-refractivity contribution < 1.29 is 9.53 Å². The molecule has 0 unspecified atom stereocenters. The Labute approximate surface area is 157 Å². The second kappa shape index (κ2) is 8.54. The fourth-order valence-electron chi connectivity index (χ4n) is 2.44. The summed E-state index contributed by atoms with van der Waals surface area (Å²) < 4.78 is 7.29. The van der Waals surface area contributed by atoms with E-state index in [0.717, 1.165) is 11.3 Å². The maximum Gasteiger partial charge on any atom is 0.254 e. The van der Waals surface area contributed by atoms with Crippen LogP contribution in [0.25, 0.3) is 0 Å². The average molecular weight is 370 g/mol. The predicted molar refractivity (Wildman–Crippen MR) is 102 cm³/mol. The van der Waals surface area contributed by atoms with Gasteiger partial charge in [-0.15, -0.1) is 0 Å². The van der Waals surface area contributed by atoms with E-state index >= 15 is 0 Å². The summed E-state index contributed by atoms with van der Waals surface area (Å²) in [4.78, 5) is 12.2. The summed E-state index contributed by atoms with van der Waals surface area (Å²) in [5, 5.41) is 7.73. The third-order valence-electron chi connectivity index (χ3n) is 3.86. The number of rotatable bonds is 7. The lowest BCUT2D eigenvalue weighted by Gasteiger charge is -2.07. The second-order valence-electron chi connectivity index (χ2n) is 5.94. The van der Waals surface area contributed by atoms with Gasteiger partial charge in [0.2, 0.25) is 0 Å². The molecule has 26 heavy (non-hydrogen) atoms. The molecule has 1 N–H and O–H groups in total. The molecular weight excluding hydrogens is 350 g/mol. The third-order valence-corrected chi connectivity index (χ3v) is 4.23. The largest absolute Gasteiger partial charge is 0.492 e. The standard InChI is InChI=1S/C20H20ClN3O2/c1-15-6-8-18(9-7-15)26-11-10-22-20(25)17-12-23-24(14-17)13-16-4-2-3-5-19(16)21/h2-9,12,14H,10-11,13H2,1H3,(H,22,25). The molecule has 134 valence electrons. The van der Waals surface area contributed by atoms with Crippen LogP contribution in [-0.2, 0) is 6.54 Å². The number of aromatic nitrogens is 2. The van der Waals surface area contributed by atoms with Crippen LogP contribution in [0.3, 0.4) is 0 Å².